The van der Waals surface area contributed by atoms with E-state index in [-0.39, 0.29) is 18.0 Å². The van der Waals surface area contributed by atoms with Gasteiger partial charge in [0.2, 0.25) is 5.91 Å². The number of aryl methyl sites for hydroxylation is 3. The number of carbonyl (C=O) groups is 2. The first kappa shape index (κ1) is 17.0. The monoisotopic (exact) mass is 338 g/mol. The van der Waals surface area contributed by atoms with Gasteiger partial charge in [-0.3, -0.25) is 9.78 Å². The van der Waals surface area contributed by atoms with E-state index in [9.17, 15) is 9.59 Å². The molecule has 0 saturated carbocycles. The molecule has 0 fully saturated rings. The molecule has 0 bridgehead atoms. The SMILES string of the molecule is Cc1ccc(NC(=O)NC(C)c2ccc3c(c2)CCC(=O)N3)c(C)n1. The zero-order chi connectivity index (χ0) is 18.0. The Morgan fingerprint density at radius 3 is 2.76 bits per heavy atom. The first-order valence-corrected chi connectivity index (χ1v) is 8.37. The van der Waals surface area contributed by atoms with Crippen molar-refractivity contribution in [3.05, 3.63) is 52.8 Å². The van der Waals surface area contributed by atoms with Crippen LogP contribution < -0.4 is 16.0 Å². The Labute approximate surface area is 147 Å². The zero-order valence-electron chi connectivity index (χ0n) is 14.6. The summed E-state index contributed by atoms with van der Waals surface area (Å²) >= 11 is 0. The van der Waals surface area contributed by atoms with E-state index in [1.54, 1.807) is 0 Å². The van der Waals surface area contributed by atoms with Gasteiger partial charge < -0.3 is 16.0 Å². The Morgan fingerprint density at radius 1 is 1.20 bits per heavy atom. The lowest BCUT2D eigenvalue weighted by Crippen LogP contribution is -2.31. The number of carbonyl (C=O) groups excluding carboxylic acids is 2. The van der Waals surface area contributed by atoms with Crippen molar-refractivity contribution in [2.75, 3.05) is 10.6 Å². The molecule has 0 spiro atoms. The normalized spacial score (nSPS) is 14.3. The second-order valence-corrected chi connectivity index (χ2v) is 6.37. The van der Waals surface area contributed by atoms with Crippen LogP contribution in [-0.2, 0) is 11.2 Å². The van der Waals surface area contributed by atoms with Crippen molar-refractivity contribution in [1.82, 2.24) is 10.3 Å². The third kappa shape index (κ3) is 3.96. The average Bonchev–Trinajstić information content (AvgIpc) is 2.56. The largest absolute Gasteiger partial charge is 0.331 e. The highest BCUT2D eigenvalue weighted by molar-refractivity contribution is 5.94. The second-order valence-electron chi connectivity index (χ2n) is 6.37. The molecule has 2 aromatic rings. The van der Waals surface area contributed by atoms with Gasteiger partial charge in [-0.25, -0.2) is 4.79 Å². The number of fused-ring (bicyclic) bond motifs is 1. The van der Waals surface area contributed by atoms with E-state index >= 15 is 0 Å². The Bertz CT molecular complexity index is 832. The molecule has 1 aliphatic rings. The summed E-state index contributed by atoms with van der Waals surface area (Å²) < 4.78 is 0. The van der Waals surface area contributed by atoms with Crippen molar-refractivity contribution in [2.24, 2.45) is 0 Å². The molecule has 3 rings (SSSR count). The van der Waals surface area contributed by atoms with Crippen molar-refractivity contribution in [3.63, 3.8) is 0 Å². The van der Waals surface area contributed by atoms with Gasteiger partial charge in [0.25, 0.3) is 0 Å². The fourth-order valence-corrected chi connectivity index (χ4v) is 2.93. The average molecular weight is 338 g/mol. The number of urea groups is 1. The lowest BCUT2D eigenvalue weighted by Gasteiger charge is -2.20. The van der Waals surface area contributed by atoms with E-state index in [0.29, 0.717) is 12.1 Å². The first-order chi connectivity index (χ1) is 11.9. The topological polar surface area (TPSA) is 83.1 Å². The van der Waals surface area contributed by atoms with Gasteiger partial charge in [0.15, 0.2) is 0 Å². The standard InChI is InChI=1S/C19H22N4O2/c1-11-4-7-16(13(3)20-11)23-19(25)21-12(2)14-5-8-17-15(10-14)6-9-18(24)22-17/h4-5,7-8,10,12H,6,9H2,1-3H3,(H,22,24)(H2,21,23,25). The Kier molecular flexibility index (Phi) is 4.70. The molecule has 25 heavy (non-hydrogen) atoms. The molecule has 1 aromatic heterocycles. The molecule has 3 N–H and O–H groups in total. The summed E-state index contributed by atoms with van der Waals surface area (Å²) in [7, 11) is 0. The van der Waals surface area contributed by atoms with E-state index in [2.05, 4.69) is 20.9 Å². The smallest absolute Gasteiger partial charge is 0.319 e. The van der Waals surface area contributed by atoms with Crippen LogP contribution in [0.1, 0.15) is 41.9 Å². The summed E-state index contributed by atoms with van der Waals surface area (Å²) in [6.07, 6.45) is 1.22. The summed E-state index contributed by atoms with van der Waals surface area (Å²) in [5, 5.41) is 8.64. The molecule has 1 aliphatic heterocycles. The number of aromatic nitrogens is 1. The van der Waals surface area contributed by atoms with Gasteiger partial charge in [-0.1, -0.05) is 12.1 Å². The van der Waals surface area contributed by atoms with Gasteiger partial charge in [0.05, 0.1) is 17.4 Å². The van der Waals surface area contributed by atoms with Crippen LogP contribution in [0.15, 0.2) is 30.3 Å². The number of hydrogen-bond donors (Lipinski definition) is 3. The lowest BCUT2D eigenvalue weighted by atomic mass is 9.98. The van der Waals surface area contributed by atoms with E-state index < -0.39 is 0 Å². The van der Waals surface area contributed by atoms with E-state index in [1.807, 2.05) is 51.1 Å². The van der Waals surface area contributed by atoms with Gasteiger partial charge in [0, 0.05) is 17.8 Å². The number of nitrogens with zero attached hydrogens (tertiary/aromatic N) is 1. The lowest BCUT2D eigenvalue weighted by molar-refractivity contribution is -0.116. The number of anilines is 2. The summed E-state index contributed by atoms with van der Waals surface area (Å²) in [4.78, 5) is 28.0. The highest BCUT2D eigenvalue weighted by Gasteiger charge is 2.17. The number of rotatable bonds is 3. The molecule has 130 valence electrons. The van der Waals surface area contributed by atoms with Crippen LogP contribution in [0.3, 0.4) is 0 Å². The molecule has 1 aromatic carbocycles. The van der Waals surface area contributed by atoms with Gasteiger partial charge in [-0.15, -0.1) is 0 Å². The fraction of sp³-hybridized carbons (Fsp3) is 0.316. The number of hydrogen-bond acceptors (Lipinski definition) is 3. The zero-order valence-corrected chi connectivity index (χ0v) is 14.6. The van der Waals surface area contributed by atoms with Crippen LogP contribution in [0, 0.1) is 13.8 Å². The molecular weight excluding hydrogens is 316 g/mol. The summed E-state index contributed by atoms with van der Waals surface area (Å²) in [5.41, 5.74) is 5.36. The van der Waals surface area contributed by atoms with Gasteiger partial charge >= 0.3 is 6.03 Å². The van der Waals surface area contributed by atoms with Gasteiger partial charge in [0.1, 0.15) is 0 Å². The molecular formula is C19H22N4O2. The second kappa shape index (κ2) is 6.93. The third-order valence-electron chi connectivity index (χ3n) is 4.35. The van der Waals surface area contributed by atoms with E-state index in [1.165, 1.54) is 0 Å². The molecule has 6 nitrogen and oxygen atoms in total. The van der Waals surface area contributed by atoms with Crippen molar-refractivity contribution in [1.29, 1.82) is 0 Å². The predicted octanol–water partition coefficient (Wildman–Crippen LogP) is 3.47. The van der Waals surface area contributed by atoms with Crippen molar-refractivity contribution in [2.45, 2.75) is 39.7 Å². The predicted molar refractivity (Wildman–Crippen MR) is 97.7 cm³/mol. The molecule has 1 atom stereocenters. The van der Waals surface area contributed by atoms with Crippen LogP contribution in [0.25, 0.3) is 0 Å². The quantitative estimate of drug-likeness (QED) is 0.801. The minimum absolute atomic E-state index is 0.0490. The molecule has 6 heteroatoms. The molecule has 3 amide bonds. The molecule has 0 radical (unpaired) electrons. The number of pyridine rings is 1. The van der Waals surface area contributed by atoms with E-state index in [0.717, 1.165) is 34.6 Å². The van der Waals surface area contributed by atoms with Crippen LogP contribution in [0.4, 0.5) is 16.2 Å². The number of amides is 3. The third-order valence-corrected chi connectivity index (χ3v) is 4.35. The maximum atomic E-state index is 12.3. The highest BCUT2D eigenvalue weighted by atomic mass is 16.2. The Morgan fingerprint density at radius 2 is 2.00 bits per heavy atom. The number of nitrogens with one attached hydrogen (secondary N) is 3. The van der Waals surface area contributed by atoms with Crippen molar-refractivity contribution in [3.8, 4) is 0 Å². The maximum absolute atomic E-state index is 12.3. The van der Waals surface area contributed by atoms with Crippen LogP contribution >= 0.6 is 0 Å². The van der Waals surface area contributed by atoms with Crippen molar-refractivity contribution < 1.29 is 9.59 Å². The molecule has 1 unspecified atom stereocenters. The maximum Gasteiger partial charge on any atom is 0.319 e. The van der Waals surface area contributed by atoms with Gasteiger partial charge in [-0.05, 0) is 56.5 Å². The Hall–Kier alpha value is -2.89. The Balaban J connectivity index is 1.66. The van der Waals surface area contributed by atoms with Crippen LogP contribution in [-0.4, -0.2) is 16.9 Å². The fourth-order valence-electron chi connectivity index (χ4n) is 2.93. The summed E-state index contributed by atoms with van der Waals surface area (Å²) in [6.45, 7) is 5.71. The molecule has 2 heterocycles. The van der Waals surface area contributed by atoms with Gasteiger partial charge in [-0.2, -0.15) is 0 Å². The first-order valence-electron chi connectivity index (χ1n) is 8.37. The van der Waals surface area contributed by atoms with E-state index in [4.69, 9.17) is 0 Å². The summed E-state index contributed by atoms with van der Waals surface area (Å²) in [6, 6.07) is 9.15. The van der Waals surface area contributed by atoms with Crippen LogP contribution in [0.5, 0.6) is 0 Å². The highest BCUT2D eigenvalue weighted by Crippen LogP contribution is 2.26. The van der Waals surface area contributed by atoms with Crippen molar-refractivity contribution >= 4 is 23.3 Å². The summed E-state index contributed by atoms with van der Waals surface area (Å²) in [5.74, 6) is 0.0490. The molecule has 0 saturated heterocycles. The van der Waals surface area contributed by atoms with Crippen LogP contribution in [0.2, 0.25) is 0 Å². The minimum Gasteiger partial charge on any atom is -0.331 e. The molecule has 0 aliphatic carbocycles. The number of benzene rings is 1. The minimum atomic E-state index is -0.271.